The van der Waals surface area contributed by atoms with Crippen LogP contribution in [-0.4, -0.2) is 57.8 Å². The first-order chi connectivity index (χ1) is 13.5. The largest absolute Gasteiger partial charge is 0.452 e. The van der Waals surface area contributed by atoms with E-state index in [1.54, 1.807) is 48.5 Å². The van der Waals surface area contributed by atoms with Gasteiger partial charge in [0.05, 0.1) is 17.7 Å². The SMILES string of the molecule is O=C(O[C@H]1C=C[C@@H](OC(=O)c2ccccc2)[C@@](O)(CO)[C@@H]1O)c1ccccc1. The van der Waals surface area contributed by atoms with Gasteiger partial charge in [-0.15, -0.1) is 0 Å². The molecule has 4 atom stereocenters. The maximum Gasteiger partial charge on any atom is 0.338 e. The third kappa shape index (κ3) is 3.96. The number of aliphatic hydroxyl groups is 3. The number of hydrogen-bond acceptors (Lipinski definition) is 7. The van der Waals surface area contributed by atoms with Gasteiger partial charge < -0.3 is 24.8 Å². The predicted octanol–water partition coefficient (Wildman–Crippen LogP) is 1.09. The van der Waals surface area contributed by atoms with Gasteiger partial charge in [0.2, 0.25) is 0 Å². The normalized spacial score (nSPS) is 26.5. The monoisotopic (exact) mass is 384 g/mol. The third-order valence-electron chi connectivity index (χ3n) is 4.54. The average Bonchev–Trinajstić information content (AvgIpc) is 2.74. The second-order valence-electron chi connectivity index (χ2n) is 6.41. The van der Waals surface area contributed by atoms with Crippen LogP contribution >= 0.6 is 0 Å². The lowest BCUT2D eigenvalue weighted by Crippen LogP contribution is -2.62. The van der Waals surface area contributed by atoms with Crippen molar-refractivity contribution in [3.8, 4) is 0 Å². The Balaban J connectivity index is 1.76. The van der Waals surface area contributed by atoms with E-state index in [0.29, 0.717) is 0 Å². The van der Waals surface area contributed by atoms with Gasteiger partial charge in [0.25, 0.3) is 0 Å². The number of rotatable bonds is 5. The summed E-state index contributed by atoms with van der Waals surface area (Å²) in [5.74, 6) is -1.43. The summed E-state index contributed by atoms with van der Waals surface area (Å²) in [5, 5.41) is 30.9. The van der Waals surface area contributed by atoms with E-state index in [0.717, 1.165) is 0 Å². The summed E-state index contributed by atoms with van der Waals surface area (Å²) in [5.41, 5.74) is -1.71. The van der Waals surface area contributed by atoms with Gasteiger partial charge in [0.1, 0.15) is 12.2 Å². The van der Waals surface area contributed by atoms with Crippen LogP contribution in [0.15, 0.2) is 72.8 Å². The van der Waals surface area contributed by atoms with Crippen LogP contribution in [-0.2, 0) is 9.47 Å². The minimum atomic E-state index is -2.24. The van der Waals surface area contributed by atoms with E-state index < -0.39 is 42.5 Å². The zero-order valence-electron chi connectivity index (χ0n) is 14.8. The summed E-state index contributed by atoms with van der Waals surface area (Å²) in [6.07, 6.45) is -1.65. The molecule has 7 heteroatoms. The number of hydrogen-bond donors (Lipinski definition) is 3. The number of ether oxygens (including phenoxy) is 2. The molecule has 7 nitrogen and oxygen atoms in total. The molecule has 3 rings (SSSR count). The predicted molar refractivity (Wildman–Crippen MR) is 98.5 cm³/mol. The van der Waals surface area contributed by atoms with Crippen LogP contribution in [0.2, 0.25) is 0 Å². The van der Waals surface area contributed by atoms with E-state index in [9.17, 15) is 24.9 Å². The standard InChI is InChI=1S/C21H20O7/c22-13-21(26)17(28-20(25)15-9-5-2-6-10-15)12-11-16(18(21)23)27-19(24)14-7-3-1-4-8-14/h1-12,16-18,22-23,26H,13H2/t16-,17+,18+,21-/m0/s1. The molecule has 1 aliphatic rings. The summed E-state index contributed by atoms with van der Waals surface area (Å²) in [7, 11) is 0. The Morgan fingerprint density at radius 1 is 0.857 bits per heavy atom. The first kappa shape index (κ1) is 19.8. The lowest BCUT2D eigenvalue weighted by atomic mass is 9.82. The molecule has 0 fully saturated rings. The maximum absolute atomic E-state index is 12.3. The molecule has 1 aliphatic carbocycles. The highest BCUT2D eigenvalue weighted by atomic mass is 16.6. The summed E-state index contributed by atoms with van der Waals surface area (Å²) in [6, 6.07) is 16.3. The molecule has 0 amide bonds. The molecule has 0 radical (unpaired) electrons. The van der Waals surface area contributed by atoms with Gasteiger partial charge in [-0.05, 0) is 36.4 Å². The van der Waals surface area contributed by atoms with Crippen molar-refractivity contribution >= 4 is 11.9 Å². The van der Waals surface area contributed by atoms with E-state index in [2.05, 4.69) is 0 Å². The van der Waals surface area contributed by atoms with Crippen molar-refractivity contribution in [3.63, 3.8) is 0 Å². The number of esters is 2. The molecule has 28 heavy (non-hydrogen) atoms. The van der Waals surface area contributed by atoms with Crippen LogP contribution in [0.25, 0.3) is 0 Å². The molecule has 146 valence electrons. The molecule has 0 aliphatic heterocycles. The maximum atomic E-state index is 12.3. The molecule has 3 N–H and O–H groups in total. The summed E-state index contributed by atoms with van der Waals surface area (Å²) in [6.45, 7) is -0.912. The van der Waals surface area contributed by atoms with Crippen LogP contribution in [0.3, 0.4) is 0 Å². The Labute approximate surface area is 161 Å². The van der Waals surface area contributed by atoms with Crippen LogP contribution in [0.1, 0.15) is 20.7 Å². The Morgan fingerprint density at radius 3 is 1.86 bits per heavy atom. The van der Waals surface area contributed by atoms with Crippen LogP contribution < -0.4 is 0 Å². The highest BCUT2D eigenvalue weighted by Gasteiger charge is 2.51. The highest BCUT2D eigenvalue weighted by Crippen LogP contribution is 2.29. The quantitative estimate of drug-likeness (QED) is 0.522. The van der Waals surface area contributed by atoms with Crippen LogP contribution in [0, 0.1) is 0 Å². The lowest BCUT2D eigenvalue weighted by molar-refractivity contribution is -0.183. The Kier molecular flexibility index (Phi) is 5.89. The van der Waals surface area contributed by atoms with Gasteiger partial charge in [-0.2, -0.15) is 0 Å². The summed E-state index contributed by atoms with van der Waals surface area (Å²) >= 11 is 0. The van der Waals surface area contributed by atoms with Crippen molar-refractivity contribution in [1.29, 1.82) is 0 Å². The average molecular weight is 384 g/mol. The zero-order chi connectivity index (χ0) is 20.1. The van der Waals surface area contributed by atoms with Gasteiger partial charge >= 0.3 is 11.9 Å². The Bertz CT molecular complexity index is 850. The van der Waals surface area contributed by atoms with Gasteiger partial charge in [-0.1, -0.05) is 36.4 Å². The van der Waals surface area contributed by atoms with Gasteiger partial charge in [0, 0.05) is 0 Å². The molecular formula is C21H20O7. The topological polar surface area (TPSA) is 113 Å². The molecule has 2 aromatic carbocycles. The van der Waals surface area contributed by atoms with Gasteiger partial charge in [0.15, 0.2) is 11.7 Å². The fourth-order valence-corrected chi connectivity index (χ4v) is 2.89. The van der Waals surface area contributed by atoms with E-state index in [-0.39, 0.29) is 11.1 Å². The molecule has 0 unspecified atom stereocenters. The third-order valence-corrected chi connectivity index (χ3v) is 4.54. The van der Waals surface area contributed by atoms with Gasteiger partial charge in [-0.3, -0.25) is 0 Å². The van der Waals surface area contributed by atoms with E-state index in [1.807, 2.05) is 0 Å². The summed E-state index contributed by atoms with van der Waals surface area (Å²) in [4.78, 5) is 24.5. The molecule has 0 aromatic heterocycles. The molecule has 0 saturated carbocycles. The number of aliphatic hydroxyl groups excluding tert-OH is 2. The second-order valence-corrected chi connectivity index (χ2v) is 6.41. The first-order valence-electron chi connectivity index (χ1n) is 8.67. The molecule has 0 spiro atoms. The van der Waals surface area contributed by atoms with Crippen molar-refractivity contribution in [2.45, 2.75) is 23.9 Å². The van der Waals surface area contributed by atoms with Crippen molar-refractivity contribution < 1.29 is 34.4 Å². The Hall–Kier alpha value is -3.00. The number of carbonyl (C=O) groups is 2. The van der Waals surface area contributed by atoms with Crippen LogP contribution in [0.5, 0.6) is 0 Å². The van der Waals surface area contributed by atoms with Crippen molar-refractivity contribution in [3.05, 3.63) is 83.9 Å². The molecule has 0 bridgehead atoms. The fourth-order valence-electron chi connectivity index (χ4n) is 2.89. The summed E-state index contributed by atoms with van der Waals surface area (Å²) < 4.78 is 10.5. The fraction of sp³-hybridized carbons (Fsp3) is 0.238. The van der Waals surface area contributed by atoms with Gasteiger partial charge in [-0.25, -0.2) is 9.59 Å². The molecular weight excluding hydrogens is 364 g/mol. The molecule has 2 aromatic rings. The molecule has 0 heterocycles. The van der Waals surface area contributed by atoms with E-state index >= 15 is 0 Å². The Morgan fingerprint density at radius 2 is 1.36 bits per heavy atom. The second kappa shape index (κ2) is 8.35. The number of carbonyl (C=O) groups excluding carboxylic acids is 2. The van der Waals surface area contributed by atoms with E-state index in [1.165, 1.54) is 24.3 Å². The lowest BCUT2D eigenvalue weighted by Gasteiger charge is -2.41. The first-order valence-corrected chi connectivity index (χ1v) is 8.67. The van der Waals surface area contributed by atoms with E-state index in [4.69, 9.17) is 9.47 Å². The minimum Gasteiger partial charge on any atom is -0.452 e. The van der Waals surface area contributed by atoms with Crippen LogP contribution in [0.4, 0.5) is 0 Å². The minimum absolute atomic E-state index is 0.253. The molecule has 0 saturated heterocycles. The smallest absolute Gasteiger partial charge is 0.338 e. The van der Waals surface area contributed by atoms with Crippen molar-refractivity contribution in [2.24, 2.45) is 0 Å². The zero-order valence-corrected chi connectivity index (χ0v) is 14.8. The highest BCUT2D eigenvalue weighted by molar-refractivity contribution is 5.90. The number of benzene rings is 2. The van der Waals surface area contributed by atoms with Crippen molar-refractivity contribution in [2.75, 3.05) is 6.61 Å². The van der Waals surface area contributed by atoms with Crippen molar-refractivity contribution in [1.82, 2.24) is 0 Å².